The number of piperidine rings is 1. The van der Waals surface area contributed by atoms with Crippen molar-refractivity contribution in [1.29, 1.82) is 0 Å². The van der Waals surface area contributed by atoms with Crippen LogP contribution in [0.4, 0.5) is 0 Å². The number of nitrogens with one attached hydrogen (secondary N) is 1. The average molecular weight is 306 g/mol. The van der Waals surface area contributed by atoms with Gasteiger partial charge >= 0.3 is 0 Å². The highest BCUT2D eigenvalue weighted by molar-refractivity contribution is 5.19. The molecule has 124 valence electrons. The monoisotopic (exact) mass is 306 g/mol. The molecule has 1 aromatic rings. The van der Waals surface area contributed by atoms with E-state index in [4.69, 9.17) is 0 Å². The largest absolute Gasteiger partial charge is 0.307 e. The number of likely N-dealkylation sites (N-methyl/N-ethyl adjacent to an activating group) is 1. The smallest absolute Gasteiger partial charge is 0.0449 e. The molecule has 0 unspecified atom stereocenters. The summed E-state index contributed by atoms with van der Waals surface area (Å²) in [7, 11) is 4.31. The summed E-state index contributed by atoms with van der Waals surface area (Å²) in [5, 5.41) is 3.82. The van der Waals surface area contributed by atoms with E-state index in [1.807, 2.05) is 0 Å². The SMILES string of the molecule is C[15N](C)C(C)(C)C[15NH][C@@H](C[15N]1CCCCC1)c1ccccc1. The fraction of sp³-hybridized carbons (Fsp3) is 0.684. The van der Waals surface area contributed by atoms with Crippen LogP contribution in [-0.2, 0) is 0 Å². The molecule has 1 atom stereocenters. The van der Waals surface area contributed by atoms with Gasteiger partial charge in [0.05, 0.1) is 0 Å². The molecule has 1 aromatic carbocycles. The molecule has 1 saturated heterocycles. The molecule has 22 heavy (non-hydrogen) atoms. The lowest BCUT2D eigenvalue weighted by atomic mass is 10.1. The Kier molecular flexibility index (Phi) is 6.42. The van der Waals surface area contributed by atoms with Crippen molar-refractivity contribution in [2.24, 2.45) is 0 Å². The second-order valence-corrected chi connectivity index (χ2v) is 7.41. The minimum Gasteiger partial charge on any atom is -0.307 e. The maximum Gasteiger partial charge on any atom is 0.0449 e. The molecule has 0 spiro atoms. The number of rotatable bonds is 7. The van der Waals surface area contributed by atoms with Crippen LogP contribution in [0.3, 0.4) is 0 Å². The minimum absolute atomic E-state index is 0.162. The molecule has 0 radical (unpaired) electrons. The highest BCUT2D eigenvalue weighted by atomic mass is 15.9. The molecule has 0 aromatic heterocycles. The maximum atomic E-state index is 3.82. The van der Waals surface area contributed by atoms with Crippen LogP contribution in [0.15, 0.2) is 30.3 Å². The average Bonchev–Trinajstić information content (AvgIpc) is 2.53. The van der Waals surface area contributed by atoms with Gasteiger partial charge in [0.15, 0.2) is 0 Å². The van der Waals surface area contributed by atoms with Crippen LogP contribution in [-0.4, -0.2) is 55.6 Å². The highest BCUT2D eigenvalue weighted by Crippen LogP contribution is 2.19. The van der Waals surface area contributed by atoms with Gasteiger partial charge in [0.25, 0.3) is 0 Å². The van der Waals surface area contributed by atoms with E-state index in [0.717, 1.165) is 13.1 Å². The highest BCUT2D eigenvalue weighted by Gasteiger charge is 2.24. The van der Waals surface area contributed by atoms with Crippen LogP contribution in [0.5, 0.6) is 0 Å². The van der Waals surface area contributed by atoms with Crippen LogP contribution in [0, 0.1) is 0 Å². The maximum absolute atomic E-state index is 3.82. The number of benzene rings is 1. The molecule has 0 aliphatic carbocycles. The van der Waals surface area contributed by atoms with E-state index in [1.54, 1.807) is 0 Å². The van der Waals surface area contributed by atoms with Crippen LogP contribution in [0.25, 0.3) is 0 Å². The van der Waals surface area contributed by atoms with Crippen LogP contribution in [0.2, 0.25) is 0 Å². The topological polar surface area (TPSA) is 18.5 Å². The molecule has 1 aliphatic heterocycles. The predicted molar refractivity (Wildman–Crippen MR) is 95.2 cm³/mol. The summed E-state index contributed by atoms with van der Waals surface area (Å²) in [6.07, 6.45) is 4.10. The van der Waals surface area contributed by atoms with E-state index < -0.39 is 0 Å². The first kappa shape index (κ1) is 17.5. The van der Waals surface area contributed by atoms with E-state index in [2.05, 4.69) is 73.4 Å². The van der Waals surface area contributed by atoms with Crippen molar-refractivity contribution < 1.29 is 0 Å². The van der Waals surface area contributed by atoms with Gasteiger partial charge in [-0.15, -0.1) is 0 Å². The van der Waals surface area contributed by atoms with Crippen molar-refractivity contribution in [2.45, 2.75) is 44.7 Å². The summed E-state index contributed by atoms with van der Waals surface area (Å²) in [4.78, 5) is 4.92. The lowest BCUT2D eigenvalue weighted by molar-refractivity contribution is 0.166. The van der Waals surface area contributed by atoms with Crippen molar-refractivity contribution >= 4 is 0 Å². The first-order valence-corrected chi connectivity index (χ1v) is 8.67. The summed E-state index contributed by atoms with van der Waals surface area (Å²) >= 11 is 0. The van der Waals surface area contributed by atoms with Crippen LogP contribution in [0.1, 0.15) is 44.7 Å². The van der Waals surface area contributed by atoms with Crippen molar-refractivity contribution in [3.8, 4) is 0 Å². The Hall–Kier alpha value is -0.900. The molecule has 2 rings (SSSR count). The third-order valence-electron chi connectivity index (χ3n) is 5.08. The number of hydrogen-bond acceptors (Lipinski definition) is 3. The molecule has 1 fully saturated rings. The van der Waals surface area contributed by atoms with Gasteiger partial charge in [0.1, 0.15) is 0 Å². The molecular weight excluding hydrogens is 273 g/mol. The summed E-state index contributed by atoms with van der Waals surface area (Å²) in [5.74, 6) is 0. The molecule has 1 aliphatic rings. The summed E-state index contributed by atoms with van der Waals surface area (Å²) in [6.45, 7) is 9.21. The first-order valence-electron chi connectivity index (χ1n) is 8.67. The molecule has 1 heterocycles. The Morgan fingerprint density at radius 1 is 1.09 bits per heavy atom. The Balaban J connectivity index is 2.01. The normalized spacial score (nSPS) is 18.6. The van der Waals surface area contributed by atoms with Crippen LogP contribution >= 0.6 is 0 Å². The second-order valence-electron chi connectivity index (χ2n) is 7.41. The molecule has 1 N–H and O–H groups in total. The van der Waals surface area contributed by atoms with Gasteiger partial charge in [-0.3, -0.25) is 0 Å². The zero-order chi connectivity index (χ0) is 16.0. The van der Waals surface area contributed by atoms with Crippen LogP contribution < -0.4 is 5.32 Å². The Labute approximate surface area is 136 Å². The van der Waals surface area contributed by atoms with Gasteiger partial charge < -0.3 is 15.1 Å². The van der Waals surface area contributed by atoms with Gasteiger partial charge in [0, 0.05) is 24.7 Å². The van der Waals surface area contributed by atoms with E-state index in [9.17, 15) is 0 Å². The van der Waals surface area contributed by atoms with Crippen molar-refractivity contribution in [3.63, 3.8) is 0 Å². The second kappa shape index (κ2) is 8.09. The lowest BCUT2D eigenvalue weighted by Gasteiger charge is -2.36. The fourth-order valence-electron chi connectivity index (χ4n) is 2.90. The Bertz CT molecular complexity index is 422. The number of likely N-dealkylation sites (tertiary alicyclic amines) is 1. The molecule has 3 heteroatoms. The third-order valence-corrected chi connectivity index (χ3v) is 5.08. The molecular formula is C19H33N3. The van der Waals surface area contributed by atoms with Crippen molar-refractivity contribution in [3.05, 3.63) is 35.9 Å². The predicted octanol–water partition coefficient (Wildman–Crippen LogP) is 3.14. The molecule has 3 nitrogen and oxygen atoms in total. The number of hydrogen-bond donors (Lipinski definition) is 1. The van der Waals surface area contributed by atoms with E-state index in [1.165, 1.54) is 37.9 Å². The standard InChI is InChI=1S/C19H33N3/c1-19(2,21(3)4)16-20-18(17-11-7-5-8-12-17)15-22-13-9-6-10-14-22/h5,7-8,11-12,18,20H,6,9-10,13-16H2,1-4H3/t18-/m0/s1/i20+1,21+1,22+1. The first-order chi connectivity index (χ1) is 10.5. The van der Waals surface area contributed by atoms with Gasteiger partial charge in [-0.2, -0.15) is 0 Å². The van der Waals surface area contributed by atoms with E-state index in [0.29, 0.717) is 6.04 Å². The zero-order valence-corrected chi connectivity index (χ0v) is 14.8. The summed E-state index contributed by atoms with van der Waals surface area (Å²) in [6, 6.07) is 11.3. The van der Waals surface area contributed by atoms with Crippen molar-refractivity contribution in [2.75, 3.05) is 40.3 Å². The quantitative estimate of drug-likeness (QED) is 0.781. The van der Waals surface area contributed by atoms with E-state index >= 15 is 0 Å². The van der Waals surface area contributed by atoms with Gasteiger partial charge in [0.2, 0.25) is 0 Å². The van der Waals surface area contributed by atoms with E-state index in [-0.39, 0.29) is 5.54 Å². The zero-order valence-electron chi connectivity index (χ0n) is 14.8. The van der Waals surface area contributed by atoms with Crippen molar-refractivity contribution in [1.82, 2.24) is 15.1 Å². The minimum atomic E-state index is 0.162. The Morgan fingerprint density at radius 3 is 2.32 bits per heavy atom. The molecule has 0 amide bonds. The van der Waals surface area contributed by atoms with Gasteiger partial charge in [-0.1, -0.05) is 36.8 Å². The summed E-state index contributed by atoms with van der Waals surface area (Å²) in [5.41, 5.74) is 1.57. The number of nitrogens with zero attached hydrogens (tertiary/aromatic N) is 2. The van der Waals surface area contributed by atoms with Gasteiger partial charge in [-0.25, -0.2) is 0 Å². The molecule has 0 saturated carbocycles. The van der Waals surface area contributed by atoms with Gasteiger partial charge in [-0.05, 0) is 59.4 Å². The fourth-order valence-corrected chi connectivity index (χ4v) is 2.90. The molecule has 0 bridgehead atoms. The third kappa shape index (κ3) is 5.08. The summed E-state index contributed by atoms with van der Waals surface area (Å²) < 4.78 is 0. The lowest BCUT2D eigenvalue weighted by Crippen LogP contribution is -2.49. The Morgan fingerprint density at radius 2 is 1.73 bits per heavy atom.